The van der Waals surface area contributed by atoms with Crippen molar-refractivity contribution in [1.29, 1.82) is 0 Å². The number of phenols is 1. The third kappa shape index (κ3) is 3.99. The molecule has 0 spiro atoms. The SMILES string of the molecule is O=C(NCCc1ccc(O)cc1)c1ccc(-c2ccccc2)s1. The van der Waals surface area contributed by atoms with E-state index in [2.05, 4.69) is 5.32 Å². The van der Waals surface area contributed by atoms with Gasteiger partial charge in [0.1, 0.15) is 5.75 Å². The maximum absolute atomic E-state index is 12.2. The topological polar surface area (TPSA) is 49.3 Å². The van der Waals surface area contributed by atoms with Gasteiger partial charge in [-0.2, -0.15) is 0 Å². The van der Waals surface area contributed by atoms with E-state index in [4.69, 9.17) is 0 Å². The van der Waals surface area contributed by atoms with Gasteiger partial charge in [0.15, 0.2) is 0 Å². The summed E-state index contributed by atoms with van der Waals surface area (Å²) in [6.45, 7) is 0.572. The van der Waals surface area contributed by atoms with Gasteiger partial charge in [0.25, 0.3) is 5.91 Å². The quantitative estimate of drug-likeness (QED) is 0.743. The van der Waals surface area contributed by atoms with Crippen LogP contribution in [-0.4, -0.2) is 17.6 Å². The number of rotatable bonds is 5. The van der Waals surface area contributed by atoms with Crippen LogP contribution < -0.4 is 5.32 Å². The number of carbonyl (C=O) groups is 1. The summed E-state index contributed by atoms with van der Waals surface area (Å²) in [6, 6.07) is 20.9. The van der Waals surface area contributed by atoms with Crippen LogP contribution in [0, 0.1) is 0 Å². The summed E-state index contributed by atoms with van der Waals surface area (Å²) in [4.78, 5) is 14.0. The molecule has 0 fully saturated rings. The minimum Gasteiger partial charge on any atom is -0.508 e. The molecule has 3 aromatic rings. The highest BCUT2D eigenvalue weighted by atomic mass is 32.1. The number of thiophene rings is 1. The van der Waals surface area contributed by atoms with Gasteiger partial charge in [-0.3, -0.25) is 4.79 Å². The molecule has 1 aromatic heterocycles. The zero-order valence-electron chi connectivity index (χ0n) is 12.5. The van der Waals surface area contributed by atoms with Crippen molar-refractivity contribution in [2.75, 3.05) is 6.54 Å². The van der Waals surface area contributed by atoms with Crippen LogP contribution in [0.2, 0.25) is 0 Å². The van der Waals surface area contributed by atoms with Crippen molar-refractivity contribution in [3.8, 4) is 16.2 Å². The van der Waals surface area contributed by atoms with Gasteiger partial charge in [-0.25, -0.2) is 0 Å². The molecular formula is C19H17NO2S. The van der Waals surface area contributed by atoms with E-state index in [1.165, 1.54) is 11.3 Å². The molecule has 0 aliphatic carbocycles. The smallest absolute Gasteiger partial charge is 0.261 e. The molecule has 0 bridgehead atoms. The lowest BCUT2D eigenvalue weighted by molar-refractivity contribution is 0.0958. The maximum Gasteiger partial charge on any atom is 0.261 e. The molecule has 1 heterocycles. The molecule has 116 valence electrons. The van der Waals surface area contributed by atoms with Crippen molar-refractivity contribution in [3.05, 3.63) is 77.2 Å². The molecule has 23 heavy (non-hydrogen) atoms. The Morgan fingerprint density at radius 2 is 1.70 bits per heavy atom. The van der Waals surface area contributed by atoms with Gasteiger partial charge in [0.2, 0.25) is 0 Å². The van der Waals surface area contributed by atoms with E-state index in [1.54, 1.807) is 12.1 Å². The van der Waals surface area contributed by atoms with E-state index in [1.807, 2.05) is 54.6 Å². The van der Waals surface area contributed by atoms with Crippen molar-refractivity contribution in [2.45, 2.75) is 6.42 Å². The average Bonchev–Trinajstić information content (AvgIpc) is 3.07. The van der Waals surface area contributed by atoms with Crippen LogP contribution in [0.1, 0.15) is 15.2 Å². The van der Waals surface area contributed by atoms with Crippen LogP contribution in [-0.2, 0) is 6.42 Å². The molecule has 4 heteroatoms. The molecule has 0 unspecified atom stereocenters. The summed E-state index contributed by atoms with van der Waals surface area (Å²) in [7, 11) is 0. The molecule has 2 aromatic carbocycles. The standard InChI is InChI=1S/C19H17NO2S/c21-16-8-6-14(7-9-16)12-13-20-19(22)18-11-10-17(23-18)15-4-2-1-3-5-15/h1-11,21H,12-13H2,(H,20,22). The van der Waals surface area contributed by atoms with E-state index in [0.29, 0.717) is 6.54 Å². The Hall–Kier alpha value is -2.59. The van der Waals surface area contributed by atoms with E-state index in [0.717, 1.165) is 27.3 Å². The molecule has 0 aliphatic rings. The lowest BCUT2D eigenvalue weighted by atomic mass is 10.1. The van der Waals surface area contributed by atoms with Gasteiger partial charge in [-0.15, -0.1) is 11.3 Å². The summed E-state index contributed by atoms with van der Waals surface area (Å²) in [5.74, 6) is 0.209. The third-order valence-electron chi connectivity index (χ3n) is 3.52. The number of carbonyl (C=O) groups excluding carboxylic acids is 1. The summed E-state index contributed by atoms with van der Waals surface area (Å²) in [6.07, 6.45) is 0.739. The lowest BCUT2D eigenvalue weighted by Gasteiger charge is -2.04. The van der Waals surface area contributed by atoms with Crippen molar-refractivity contribution in [1.82, 2.24) is 5.32 Å². The van der Waals surface area contributed by atoms with Crippen LogP contribution >= 0.6 is 11.3 Å². The van der Waals surface area contributed by atoms with E-state index in [9.17, 15) is 9.90 Å². The molecular weight excluding hydrogens is 306 g/mol. The van der Waals surface area contributed by atoms with Gasteiger partial charge >= 0.3 is 0 Å². The summed E-state index contributed by atoms with van der Waals surface area (Å²) in [5.41, 5.74) is 2.21. The minimum absolute atomic E-state index is 0.0454. The van der Waals surface area contributed by atoms with Crippen molar-refractivity contribution in [2.24, 2.45) is 0 Å². The van der Waals surface area contributed by atoms with Crippen LogP contribution in [0.15, 0.2) is 66.7 Å². The number of nitrogens with one attached hydrogen (secondary N) is 1. The zero-order chi connectivity index (χ0) is 16.1. The Balaban J connectivity index is 1.56. The van der Waals surface area contributed by atoms with Crippen LogP contribution in [0.25, 0.3) is 10.4 Å². The molecule has 0 saturated carbocycles. The number of amides is 1. The Morgan fingerprint density at radius 3 is 2.43 bits per heavy atom. The van der Waals surface area contributed by atoms with Gasteiger partial charge in [-0.1, -0.05) is 42.5 Å². The second-order valence-electron chi connectivity index (χ2n) is 5.20. The molecule has 1 amide bonds. The van der Waals surface area contributed by atoms with Gasteiger partial charge in [0, 0.05) is 11.4 Å². The second kappa shape index (κ2) is 7.11. The Labute approximate surface area is 139 Å². The first-order valence-corrected chi connectivity index (χ1v) is 8.25. The number of phenolic OH excluding ortho intramolecular Hbond substituents is 1. The number of benzene rings is 2. The second-order valence-corrected chi connectivity index (χ2v) is 6.29. The predicted molar refractivity (Wildman–Crippen MR) is 93.9 cm³/mol. The molecule has 0 saturated heterocycles. The fourth-order valence-electron chi connectivity index (χ4n) is 2.29. The molecule has 3 rings (SSSR count). The third-order valence-corrected chi connectivity index (χ3v) is 4.66. The summed E-state index contributed by atoms with van der Waals surface area (Å²) >= 11 is 1.50. The largest absolute Gasteiger partial charge is 0.508 e. The highest BCUT2D eigenvalue weighted by Crippen LogP contribution is 2.27. The van der Waals surface area contributed by atoms with Crippen LogP contribution in [0.3, 0.4) is 0 Å². The van der Waals surface area contributed by atoms with E-state index in [-0.39, 0.29) is 11.7 Å². The van der Waals surface area contributed by atoms with Gasteiger partial charge in [-0.05, 0) is 41.8 Å². The minimum atomic E-state index is -0.0454. The predicted octanol–water partition coefficient (Wildman–Crippen LogP) is 4.09. The average molecular weight is 323 g/mol. The van der Waals surface area contributed by atoms with Gasteiger partial charge in [0.05, 0.1) is 4.88 Å². The summed E-state index contributed by atoms with van der Waals surface area (Å²) in [5, 5.41) is 12.2. The number of aromatic hydroxyl groups is 1. The molecule has 0 atom stereocenters. The van der Waals surface area contributed by atoms with Crippen LogP contribution in [0.4, 0.5) is 0 Å². The normalized spacial score (nSPS) is 10.4. The number of hydrogen-bond donors (Lipinski definition) is 2. The first kappa shape index (κ1) is 15.3. The zero-order valence-corrected chi connectivity index (χ0v) is 13.3. The molecule has 2 N–H and O–H groups in total. The van der Waals surface area contributed by atoms with Crippen molar-refractivity contribution in [3.63, 3.8) is 0 Å². The summed E-state index contributed by atoms with van der Waals surface area (Å²) < 4.78 is 0. The van der Waals surface area contributed by atoms with Crippen molar-refractivity contribution < 1.29 is 9.90 Å². The lowest BCUT2D eigenvalue weighted by Crippen LogP contribution is -2.24. The monoisotopic (exact) mass is 323 g/mol. The molecule has 0 radical (unpaired) electrons. The van der Waals surface area contributed by atoms with E-state index < -0.39 is 0 Å². The van der Waals surface area contributed by atoms with Gasteiger partial charge < -0.3 is 10.4 Å². The Bertz CT molecular complexity index is 779. The highest BCUT2D eigenvalue weighted by Gasteiger charge is 2.09. The first-order chi connectivity index (χ1) is 11.2. The fourth-order valence-corrected chi connectivity index (χ4v) is 3.22. The Kier molecular flexibility index (Phi) is 4.74. The first-order valence-electron chi connectivity index (χ1n) is 7.44. The maximum atomic E-state index is 12.2. The van der Waals surface area contributed by atoms with Crippen LogP contribution in [0.5, 0.6) is 5.75 Å². The fraction of sp³-hybridized carbons (Fsp3) is 0.105. The van der Waals surface area contributed by atoms with E-state index >= 15 is 0 Å². The van der Waals surface area contributed by atoms with Crippen molar-refractivity contribution >= 4 is 17.2 Å². The molecule has 0 aliphatic heterocycles. The number of hydrogen-bond acceptors (Lipinski definition) is 3. The molecule has 3 nitrogen and oxygen atoms in total. The highest BCUT2D eigenvalue weighted by molar-refractivity contribution is 7.17. The Morgan fingerprint density at radius 1 is 0.957 bits per heavy atom.